The Morgan fingerprint density at radius 3 is 1.00 bits per heavy atom. The molecule has 0 aliphatic carbocycles. The second kappa shape index (κ2) is 29.1. The van der Waals surface area contributed by atoms with Gasteiger partial charge in [0.2, 0.25) is 0 Å². The highest BCUT2D eigenvalue weighted by atomic mass is 31.2. The van der Waals surface area contributed by atoms with Gasteiger partial charge in [-0.15, -0.1) is 0 Å². The summed E-state index contributed by atoms with van der Waals surface area (Å²) in [6, 6.07) is 0. The summed E-state index contributed by atoms with van der Waals surface area (Å²) in [7, 11) is -7.38. The average Bonchev–Trinajstić information content (AvgIpc) is 2.54. The van der Waals surface area contributed by atoms with E-state index in [1.54, 1.807) is 0 Å². The largest absolute Gasteiger partial charge is 0.328 e. The average molecular weight is 456 g/mol. The molecule has 0 heterocycles. The lowest BCUT2D eigenvalue weighted by Crippen LogP contribution is -1.89. The third kappa shape index (κ3) is 58.4. The molecular weight excluding hydrogens is 417 g/mol. The molecule has 0 aromatic heterocycles. The van der Waals surface area contributed by atoms with Crippen LogP contribution in [0.3, 0.4) is 0 Å². The SMILES string of the molecule is CCCCCCCCCCCCCCCOP(O)O.OP(O)O.OP(O)O. The Balaban J connectivity index is -0.000000603. The van der Waals surface area contributed by atoms with Gasteiger partial charge in [0, 0.05) is 0 Å². The second-order valence-corrected chi connectivity index (χ2v) is 7.70. The monoisotopic (exact) mass is 456 g/mol. The first kappa shape index (κ1) is 32.6. The van der Waals surface area contributed by atoms with Crippen molar-refractivity contribution in [2.75, 3.05) is 6.61 Å². The van der Waals surface area contributed by atoms with Gasteiger partial charge >= 0.3 is 25.8 Å². The van der Waals surface area contributed by atoms with Crippen LogP contribution in [0.4, 0.5) is 0 Å². The van der Waals surface area contributed by atoms with E-state index in [9.17, 15) is 0 Å². The van der Waals surface area contributed by atoms with Crippen molar-refractivity contribution in [3.8, 4) is 0 Å². The first-order valence-electron chi connectivity index (χ1n) is 9.28. The molecule has 0 saturated carbocycles. The molecule has 0 rings (SSSR count). The van der Waals surface area contributed by atoms with Gasteiger partial charge in [0.1, 0.15) is 0 Å². The first-order valence-corrected chi connectivity index (χ1v) is 12.8. The van der Waals surface area contributed by atoms with E-state index in [-0.39, 0.29) is 0 Å². The summed E-state index contributed by atoms with van der Waals surface area (Å²) in [6.07, 6.45) is 17.2. The van der Waals surface area contributed by atoms with Crippen molar-refractivity contribution >= 4 is 25.8 Å². The quantitative estimate of drug-likeness (QED) is 0.135. The van der Waals surface area contributed by atoms with Crippen molar-refractivity contribution in [1.29, 1.82) is 0 Å². The van der Waals surface area contributed by atoms with E-state index in [2.05, 4.69) is 6.92 Å². The van der Waals surface area contributed by atoms with Gasteiger partial charge in [0.05, 0.1) is 6.61 Å². The minimum atomic E-state index is -2.62. The van der Waals surface area contributed by atoms with Gasteiger partial charge in [-0.05, 0) is 6.42 Å². The van der Waals surface area contributed by atoms with Crippen LogP contribution < -0.4 is 0 Å². The van der Waals surface area contributed by atoms with Gasteiger partial charge in [-0.3, -0.25) is 0 Å². The molecule has 0 aromatic rings. The predicted molar refractivity (Wildman–Crippen MR) is 110 cm³/mol. The minimum absolute atomic E-state index is 0.483. The van der Waals surface area contributed by atoms with Crippen LogP contribution in [-0.2, 0) is 4.52 Å². The van der Waals surface area contributed by atoms with Gasteiger partial charge in [0.15, 0.2) is 0 Å². The fraction of sp³-hybridized carbons (Fsp3) is 1.00. The Kier molecular flexibility index (Phi) is 35.2. The summed E-state index contributed by atoms with van der Waals surface area (Å²) < 4.78 is 4.72. The Morgan fingerprint density at radius 1 is 0.481 bits per heavy atom. The van der Waals surface area contributed by atoms with Crippen LogP contribution in [0.15, 0.2) is 0 Å². The minimum Gasteiger partial charge on any atom is -0.328 e. The van der Waals surface area contributed by atoms with Crippen LogP contribution in [-0.4, -0.2) is 45.8 Å². The number of unbranched alkanes of at least 4 members (excludes halogenated alkanes) is 12. The molecule has 0 radical (unpaired) electrons. The lowest BCUT2D eigenvalue weighted by atomic mass is 10.0. The molecule has 12 heteroatoms. The van der Waals surface area contributed by atoms with Crippen molar-refractivity contribution in [3.63, 3.8) is 0 Å². The maximum atomic E-state index is 8.54. The molecule has 0 aliphatic heterocycles. The normalized spacial score (nSPS) is 10.7. The van der Waals surface area contributed by atoms with E-state index in [0.29, 0.717) is 6.61 Å². The summed E-state index contributed by atoms with van der Waals surface area (Å²) in [5, 5.41) is 0. The molecule has 9 nitrogen and oxygen atoms in total. The third-order valence-corrected chi connectivity index (χ3v) is 3.87. The molecule has 8 N–H and O–H groups in total. The molecule has 0 aliphatic rings. The Bertz CT molecular complexity index is 239. The zero-order valence-electron chi connectivity index (χ0n) is 16.2. The van der Waals surface area contributed by atoms with Crippen molar-refractivity contribution < 1.29 is 43.7 Å². The van der Waals surface area contributed by atoms with E-state index >= 15 is 0 Å². The fourth-order valence-electron chi connectivity index (χ4n) is 2.27. The van der Waals surface area contributed by atoms with Crippen LogP contribution in [0, 0.1) is 0 Å². The second-order valence-electron chi connectivity index (χ2n) is 5.87. The molecule has 0 aromatic carbocycles. The molecular formula is C15H39O9P3. The zero-order chi connectivity index (χ0) is 21.3. The molecule has 0 bridgehead atoms. The lowest BCUT2D eigenvalue weighted by Gasteiger charge is -2.04. The summed E-state index contributed by atoms with van der Waals surface area (Å²) >= 11 is 0. The molecule has 27 heavy (non-hydrogen) atoms. The number of hydrogen-bond acceptors (Lipinski definition) is 9. The molecule has 0 spiro atoms. The predicted octanol–water partition coefficient (Wildman–Crippen LogP) is 3.69. The number of rotatable bonds is 15. The molecule has 168 valence electrons. The number of hydrogen-bond donors (Lipinski definition) is 8. The van der Waals surface area contributed by atoms with Crippen LogP contribution >= 0.6 is 25.8 Å². The first-order chi connectivity index (χ1) is 12.7. The van der Waals surface area contributed by atoms with Crippen LogP contribution in [0.5, 0.6) is 0 Å². The van der Waals surface area contributed by atoms with Crippen molar-refractivity contribution in [2.45, 2.75) is 90.4 Å². The Morgan fingerprint density at radius 2 is 0.741 bits per heavy atom. The van der Waals surface area contributed by atoms with E-state index in [0.717, 1.165) is 12.8 Å². The highest BCUT2D eigenvalue weighted by Crippen LogP contribution is 2.24. The van der Waals surface area contributed by atoms with Crippen molar-refractivity contribution in [1.82, 2.24) is 0 Å². The topological polar surface area (TPSA) is 171 Å². The summed E-state index contributed by atoms with van der Waals surface area (Å²) in [6.45, 7) is 2.75. The smallest absolute Gasteiger partial charge is 0.327 e. The standard InChI is InChI=1S/C15H33O3P.2H3O3P/c1-2-3-4-5-6-7-8-9-10-11-12-13-14-15-18-19(16)17;2*1-4(2)3/h16-17H,2-15H2,1H3;2*1-3H. The molecule has 0 unspecified atom stereocenters. The van der Waals surface area contributed by atoms with E-state index < -0.39 is 25.8 Å². The van der Waals surface area contributed by atoms with Crippen molar-refractivity contribution in [3.05, 3.63) is 0 Å². The Hall–Kier alpha value is 0.930. The highest BCUT2D eigenvalue weighted by Gasteiger charge is 1.98. The summed E-state index contributed by atoms with van der Waals surface area (Å²) in [4.78, 5) is 60.5. The van der Waals surface area contributed by atoms with Crippen LogP contribution in [0.2, 0.25) is 0 Å². The van der Waals surface area contributed by atoms with E-state index in [1.165, 1.54) is 70.6 Å². The lowest BCUT2D eigenvalue weighted by molar-refractivity contribution is 0.248. The van der Waals surface area contributed by atoms with Gasteiger partial charge < -0.3 is 43.7 Å². The Labute approximate surface area is 167 Å². The molecule has 0 amide bonds. The van der Waals surface area contributed by atoms with Gasteiger partial charge in [0.25, 0.3) is 0 Å². The van der Waals surface area contributed by atoms with Crippen LogP contribution in [0.25, 0.3) is 0 Å². The summed E-state index contributed by atoms with van der Waals surface area (Å²) in [5.41, 5.74) is 0. The molecule has 0 atom stereocenters. The van der Waals surface area contributed by atoms with E-state index in [1.807, 2.05) is 0 Å². The van der Waals surface area contributed by atoms with E-state index in [4.69, 9.17) is 43.7 Å². The van der Waals surface area contributed by atoms with Crippen LogP contribution in [0.1, 0.15) is 90.4 Å². The highest BCUT2D eigenvalue weighted by molar-refractivity contribution is 7.39. The zero-order valence-corrected chi connectivity index (χ0v) is 18.9. The van der Waals surface area contributed by atoms with Gasteiger partial charge in [-0.25, -0.2) is 0 Å². The third-order valence-electron chi connectivity index (χ3n) is 3.45. The van der Waals surface area contributed by atoms with Crippen molar-refractivity contribution in [2.24, 2.45) is 0 Å². The summed E-state index contributed by atoms with van der Waals surface area (Å²) in [5.74, 6) is 0. The molecule has 0 fully saturated rings. The maximum absolute atomic E-state index is 8.54. The van der Waals surface area contributed by atoms with Gasteiger partial charge in [-0.1, -0.05) is 84.0 Å². The van der Waals surface area contributed by atoms with Gasteiger partial charge in [-0.2, -0.15) is 0 Å². The molecule has 0 saturated heterocycles. The maximum Gasteiger partial charge on any atom is 0.327 e. The fourth-order valence-corrected chi connectivity index (χ4v) is 2.56.